The van der Waals surface area contributed by atoms with Crippen LogP contribution < -0.4 is 10.8 Å². The normalized spacial score (nSPS) is 27.0. The molecule has 2 unspecified atom stereocenters. The molecule has 0 saturated carbocycles. The molecule has 3 nitrogen and oxygen atoms in total. The molecule has 2 N–H and O–H groups in total. The van der Waals surface area contributed by atoms with E-state index < -0.39 is 0 Å². The van der Waals surface area contributed by atoms with Gasteiger partial charge in [0, 0.05) is 12.1 Å². The number of hydrogen-bond acceptors (Lipinski definition) is 3. The van der Waals surface area contributed by atoms with Gasteiger partial charge in [-0.1, -0.05) is 6.42 Å². The summed E-state index contributed by atoms with van der Waals surface area (Å²) in [7, 11) is 1.67. The van der Waals surface area contributed by atoms with Gasteiger partial charge in [0.05, 0.1) is 7.11 Å². The Balaban J connectivity index is 2.11. The van der Waals surface area contributed by atoms with E-state index in [0.29, 0.717) is 12.1 Å². The molecular formula is C9H20N2O. The summed E-state index contributed by atoms with van der Waals surface area (Å²) in [5.74, 6) is 0. The smallest absolute Gasteiger partial charge is 0.0572 e. The largest absolute Gasteiger partial charge is 0.314 e. The summed E-state index contributed by atoms with van der Waals surface area (Å²) in [4.78, 5) is 4.87. The molecule has 3 heteroatoms. The van der Waals surface area contributed by atoms with Crippen LogP contribution in [0.2, 0.25) is 0 Å². The fourth-order valence-electron chi connectivity index (χ4n) is 1.80. The number of rotatable bonds is 4. The van der Waals surface area contributed by atoms with Crippen molar-refractivity contribution in [1.82, 2.24) is 10.8 Å². The molecule has 12 heavy (non-hydrogen) atoms. The van der Waals surface area contributed by atoms with Gasteiger partial charge in [-0.3, -0.25) is 0 Å². The molecule has 1 fully saturated rings. The Hall–Kier alpha value is -0.120. The first-order chi connectivity index (χ1) is 5.83. The van der Waals surface area contributed by atoms with Crippen molar-refractivity contribution in [1.29, 1.82) is 0 Å². The van der Waals surface area contributed by atoms with Crippen LogP contribution in [0, 0.1) is 0 Å². The Bertz CT molecular complexity index is 113. The van der Waals surface area contributed by atoms with Crippen LogP contribution in [0.1, 0.15) is 32.6 Å². The number of nitrogens with one attached hydrogen (secondary N) is 2. The van der Waals surface area contributed by atoms with Crippen LogP contribution in [0.15, 0.2) is 0 Å². The number of hydroxylamine groups is 1. The minimum atomic E-state index is 0.450. The van der Waals surface area contributed by atoms with Crippen molar-refractivity contribution >= 4 is 0 Å². The van der Waals surface area contributed by atoms with Gasteiger partial charge in [0.1, 0.15) is 0 Å². The molecule has 0 aromatic rings. The summed E-state index contributed by atoms with van der Waals surface area (Å²) in [6.45, 7) is 3.34. The van der Waals surface area contributed by atoms with E-state index >= 15 is 0 Å². The quantitative estimate of drug-likeness (QED) is 0.622. The van der Waals surface area contributed by atoms with Gasteiger partial charge in [-0.15, -0.1) is 0 Å². The lowest BCUT2D eigenvalue weighted by Crippen LogP contribution is -2.39. The van der Waals surface area contributed by atoms with E-state index in [1.807, 2.05) is 0 Å². The van der Waals surface area contributed by atoms with Gasteiger partial charge in [0.15, 0.2) is 0 Å². The summed E-state index contributed by atoms with van der Waals surface area (Å²) < 4.78 is 0. The zero-order valence-electron chi connectivity index (χ0n) is 8.10. The maximum absolute atomic E-state index is 4.87. The Kier molecular flexibility index (Phi) is 4.58. The first kappa shape index (κ1) is 9.96. The topological polar surface area (TPSA) is 33.3 Å². The van der Waals surface area contributed by atoms with Gasteiger partial charge >= 0.3 is 0 Å². The van der Waals surface area contributed by atoms with Crippen LogP contribution in [0.25, 0.3) is 0 Å². The summed E-state index contributed by atoms with van der Waals surface area (Å²) in [5, 5.41) is 3.51. The molecule has 1 rings (SSSR count). The second-order valence-corrected chi connectivity index (χ2v) is 3.61. The van der Waals surface area contributed by atoms with Crippen LogP contribution >= 0.6 is 0 Å². The fourth-order valence-corrected chi connectivity index (χ4v) is 1.80. The highest BCUT2D eigenvalue weighted by Gasteiger charge is 2.14. The third-order valence-corrected chi connectivity index (χ3v) is 2.37. The van der Waals surface area contributed by atoms with Crippen LogP contribution in [-0.2, 0) is 4.84 Å². The molecule has 1 aliphatic rings. The number of piperidine rings is 1. The summed E-state index contributed by atoms with van der Waals surface area (Å²) in [6.07, 6.45) is 5.18. The second kappa shape index (κ2) is 5.51. The highest BCUT2D eigenvalue weighted by molar-refractivity contribution is 4.75. The average Bonchev–Trinajstić information content (AvgIpc) is 2.06. The maximum Gasteiger partial charge on any atom is 0.0572 e. The minimum Gasteiger partial charge on any atom is -0.314 e. The lowest BCUT2D eigenvalue weighted by atomic mass is 9.99. The molecule has 1 aliphatic heterocycles. The minimum absolute atomic E-state index is 0.450. The predicted octanol–water partition coefficient (Wildman–Crippen LogP) is 1.06. The standard InChI is InChI=1S/C9H20N2O/c1-8(11-12-2)7-9-5-3-4-6-10-9/h8-11H,3-7H2,1-2H3. The lowest BCUT2D eigenvalue weighted by molar-refractivity contribution is 0.0592. The zero-order valence-corrected chi connectivity index (χ0v) is 8.10. The molecule has 0 amide bonds. The van der Waals surface area contributed by atoms with Crippen molar-refractivity contribution in [3.05, 3.63) is 0 Å². The van der Waals surface area contributed by atoms with E-state index in [4.69, 9.17) is 4.84 Å². The molecule has 72 valence electrons. The Morgan fingerprint density at radius 2 is 2.42 bits per heavy atom. The average molecular weight is 172 g/mol. The van der Waals surface area contributed by atoms with E-state index in [9.17, 15) is 0 Å². The molecule has 1 heterocycles. The van der Waals surface area contributed by atoms with E-state index in [0.717, 1.165) is 6.42 Å². The Morgan fingerprint density at radius 3 is 3.00 bits per heavy atom. The van der Waals surface area contributed by atoms with Crippen LogP contribution in [0.3, 0.4) is 0 Å². The van der Waals surface area contributed by atoms with Gasteiger partial charge in [-0.2, -0.15) is 0 Å². The maximum atomic E-state index is 4.87. The molecule has 0 bridgehead atoms. The Labute approximate surface area is 74.8 Å². The van der Waals surface area contributed by atoms with E-state index in [1.165, 1.54) is 25.8 Å². The van der Waals surface area contributed by atoms with Gasteiger partial charge in [-0.05, 0) is 32.7 Å². The van der Waals surface area contributed by atoms with Crippen LogP contribution in [0.5, 0.6) is 0 Å². The highest BCUT2D eigenvalue weighted by atomic mass is 16.6. The van der Waals surface area contributed by atoms with Gasteiger partial charge in [0.2, 0.25) is 0 Å². The fraction of sp³-hybridized carbons (Fsp3) is 1.00. The summed E-state index contributed by atoms with van der Waals surface area (Å²) in [6, 6.07) is 1.14. The molecule has 0 radical (unpaired) electrons. The summed E-state index contributed by atoms with van der Waals surface area (Å²) in [5.41, 5.74) is 2.95. The van der Waals surface area contributed by atoms with E-state index in [1.54, 1.807) is 7.11 Å². The van der Waals surface area contributed by atoms with Crippen molar-refractivity contribution in [2.45, 2.75) is 44.7 Å². The molecule has 0 aromatic heterocycles. The van der Waals surface area contributed by atoms with Gasteiger partial charge < -0.3 is 10.2 Å². The van der Waals surface area contributed by atoms with Gasteiger partial charge in [0.25, 0.3) is 0 Å². The SMILES string of the molecule is CONC(C)CC1CCCCN1. The molecule has 1 saturated heterocycles. The third-order valence-electron chi connectivity index (χ3n) is 2.37. The van der Waals surface area contributed by atoms with Crippen molar-refractivity contribution in [2.75, 3.05) is 13.7 Å². The van der Waals surface area contributed by atoms with Crippen molar-refractivity contribution in [2.24, 2.45) is 0 Å². The van der Waals surface area contributed by atoms with Crippen LogP contribution in [-0.4, -0.2) is 25.7 Å². The first-order valence-corrected chi connectivity index (χ1v) is 4.85. The highest BCUT2D eigenvalue weighted by Crippen LogP contribution is 2.11. The van der Waals surface area contributed by atoms with Gasteiger partial charge in [-0.25, -0.2) is 5.48 Å². The lowest BCUT2D eigenvalue weighted by Gasteiger charge is -2.26. The Morgan fingerprint density at radius 1 is 1.58 bits per heavy atom. The van der Waals surface area contributed by atoms with E-state index in [2.05, 4.69) is 17.7 Å². The first-order valence-electron chi connectivity index (χ1n) is 4.85. The van der Waals surface area contributed by atoms with Crippen LogP contribution in [0.4, 0.5) is 0 Å². The van der Waals surface area contributed by atoms with Crippen molar-refractivity contribution in [3.8, 4) is 0 Å². The molecule has 2 atom stereocenters. The molecule has 0 spiro atoms. The molecule has 0 aromatic carbocycles. The monoisotopic (exact) mass is 172 g/mol. The molecular weight excluding hydrogens is 152 g/mol. The second-order valence-electron chi connectivity index (χ2n) is 3.61. The predicted molar refractivity (Wildman–Crippen MR) is 49.9 cm³/mol. The zero-order chi connectivity index (χ0) is 8.81. The number of hydrogen-bond donors (Lipinski definition) is 2. The van der Waals surface area contributed by atoms with E-state index in [-0.39, 0.29) is 0 Å². The van der Waals surface area contributed by atoms with Crippen molar-refractivity contribution in [3.63, 3.8) is 0 Å². The summed E-state index contributed by atoms with van der Waals surface area (Å²) >= 11 is 0. The molecule has 0 aliphatic carbocycles. The third kappa shape index (κ3) is 3.52. The van der Waals surface area contributed by atoms with Crippen molar-refractivity contribution < 1.29 is 4.84 Å².